The predicted molar refractivity (Wildman–Crippen MR) is 221 cm³/mol. The van der Waals surface area contributed by atoms with Gasteiger partial charge in [0.05, 0.1) is 13.2 Å². The van der Waals surface area contributed by atoms with Crippen LogP contribution in [0, 0.1) is 11.8 Å². The first kappa shape index (κ1) is 48.9. The molecule has 0 aromatic carbocycles. The summed E-state index contributed by atoms with van der Waals surface area (Å²) >= 11 is 0. The number of carbonyl (C=O) groups excluding carboxylic acids is 2. The molecular formula is C46H89NO5. The highest BCUT2D eigenvalue weighted by Gasteiger charge is 2.18. The molecular weight excluding hydrogens is 647 g/mol. The van der Waals surface area contributed by atoms with Crippen LogP contribution in [0.4, 0.5) is 0 Å². The Balaban J connectivity index is 2.22. The fourth-order valence-electron chi connectivity index (χ4n) is 7.65. The molecule has 1 atom stereocenters. The topological polar surface area (TPSA) is 73.9 Å². The predicted octanol–water partition coefficient (Wildman–Crippen LogP) is 13.2. The van der Waals surface area contributed by atoms with Gasteiger partial charge in [-0.3, -0.25) is 9.59 Å². The maximum atomic E-state index is 12.6. The molecule has 1 unspecified atom stereocenters. The number of esters is 2. The summed E-state index contributed by atoms with van der Waals surface area (Å²) in [5.41, 5.74) is 0. The highest BCUT2D eigenvalue weighted by atomic mass is 16.5. The maximum Gasteiger partial charge on any atom is 0.305 e. The second kappa shape index (κ2) is 36.8. The van der Waals surface area contributed by atoms with E-state index in [-0.39, 0.29) is 11.9 Å². The lowest BCUT2D eigenvalue weighted by Gasteiger charge is -2.29. The molecule has 0 spiro atoms. The maximum absolute atomic E-state index is 12.6. The van der Waals surface area contributed by atoms with Crippen LogP contribution < -0.4 is 5.32 Å². The van der Waals surface area contributed by atoms with E-state index in [0.29, 0.717) is 44.1 Å². The van der Waals surface area contributed by atoms with Crippen molar-refractivity contribution in [3.8, 4) is 0 Å². The summed E-state index contributed by atoms with van der Waals surface area (Å²) in [6.07, 6.45) is 37.5. The molecule has 1 fully saturated rings. The molecule has 0 aromatic heterocycles. The van der Waals surface area contributed by atoms with Gasteiger partial charge in [0, 0.05) is 38.1 Å². The Hall–Kier alpha value is -1.14. The minimum atomic E-state index is -0.0161. The van der Waals surface area contributed by atoms with Crippen LogP contribution in [0.1, 0.15) is 233 Å². The molecule has 0 aliphatic carbocycles. The van der Waals surface area contributed by atoms with Crippen LogP contribution in [0.2, 0.25) is 0 Å². The van der Waals surface area contributed by atoms with Crippen LogP contribution in [0.5, 0.6) is 0 Å². The van der Waals surface area contributed by atoms with Gasteiger partial charge in [-0.05, 0) is 69.6 Å². The molecule has 1 aliphatic rings. The van der Waals surface area contributed by atoms with E-state index in [4.69, 9.17) is 14.2 Å². The van der Waals surface area contributed by atoms with Gasteiger partial charge in [0.25, 0.3) is 0 Å². The van der Waals surface area contributed by atoms with Crippen molar-refractivity contribution in [2.75, 3.05) is 26.4 Å². The first-order valence-corrected chi connectivity index (χ1v) is 23.1. The quantitative estimate of drug-likeness (QED) is 0.0503. The van der Waals surface area contributed by atoms with Gasteiger partial charge >= 0.3 is 11.9 Å². The average molecular weight is 736 g/mol. The molecule has 1 rings (SSSR count). The highest BCUT2D eigenvalue weighted by molar-refractivity contribution is 5.69. The second-order valence-corrected chi connectivity index (χ2v) is 16.8. The van der Waals surface area contributed by atoms with Crippen LogP contribution >= 0.6 is 0 Å². The SMILES string of the molecule is CCCCCCCC(CCCCCCC)COC(=O)CCCCCCC(CCCCCCC(=O)OCCCCCCCC(C)C)NC1CCOCC1. The van der Waals surface area contributed by atoms with E-state index in [1.807, 2.05) is 0 Å². The molecule has 308 valence electrons. The Labute approximate surface area is 323 Å². The van der Waals surface area contributed by atoms with E-state index >= 15 is 0 Å². The van der Waals surface area contributed by atoms with Crippen molar-refractivity contribution >= 4 is 11.9 Å². The number of carbonyl (C=O) groups is 2. The van der Waals surface area contributed by atoms with Crippen molar-refractivity contribution in [1.29, 1.82) is 0 Å². The summed E-state index contributed by atoms with van der Waals surface area (Å²) < 4.78 is 16.9. The first-order chi connectivity index (χ1) is 25.4. The zero-order valence-electron chi connectivity index (χ0n) is 35.3. The summed E-state index contributed by atoms with van der Waals surface area (Å²) in [4.78, 5) is 24.8. The molecule has 1 aliphatic heterocycles. The second-order valence-electron chi connectivity index (χ2n) is 16.8. The summed E-state index contributed by atoms with van der Waals surface area (Å²) in [6, 6.07) is 1.11. The van der Waals surface area contributed by atoms with Gasteiger partial charge < -0.3 is 19.5 Å². The number of nitrogens with one attached hydrogen (secondary N) is 1. The molecule has 6 nitrogen and oxygen atoms in total. The minimum absolute atomic E-state index is 0.0113. The minimum Gasteiger partial charge on any atom is -0.466 e. The van der Waals surface area contributed by atoms with Gasteiger partial charge in [0.2, 0.25) is 0 Å². The van der Waals surface area contributed by atoms with Crippen molar-refractivity contribution in [1.82, 2.24) is 5.32 Å². The van der Waals surface area contributed by atoms with E-state index in [1.54, 1.807) is 0 Å². The van der Waals surface area contributed by atoms with E-state index in [2.05, 4.69) is 33.0 Å². The zero-order chi connectivity index (χ0) is 37.7. The lowest BCUT2D eigenvalue weighted by Crippen LogP contribution is -2.41. The average Bonchev–Trinajstić information content (AvgIpc) is 3.14. The van der Waals surface area contributed by atoms with Crippen LogP contribution in [-0.4, -0.2) is 50.4 Å². The lowest BCUT2D eigenvalue weighted by molar-refractivity contribution is -0.145. The Morgan fingerprint density at radius 2 is 1.00 bits per heavy atom. The third kappa shape index (κ3) is 32.3. The lowest BCUT2D eigenvalue weighted by atomic mass is 9.95. The summed E-state index contributed by atoms with van der Waals surface area (Å²) in [5, 5.41) is 3.97. The fourth-order valence-corrected chi connectivity index (χ4v) is 7.65. The van der Waals surface area contributed by atoms with Crippen molar-refractivity contribution in [2.45, 2.75) is 245 Å². The molecule has 6 heteroatoms. The Kier molecular flexibility index (Phi) is 34.6. The zero-order valence-corrected chi connectivity index (χ0v) is 35.3. The Morgan fingerprint density at radius 3 is 1.54 bits per heavy atom. The Bertz CT molecular complexity index is 769. The number of unbranched alkanes of at least 4 members (excludes halogenated alkanes) is 18. The normalized spacial score (nSPS) is 14.3. The van der Waals surface area contributed by atoms with Crippen molar-refractivity contribution in [3.05, 3.63) is 0 Å². The molecule has 1 N–H and O–H groups in total. The van der Waals surface area contributed by atoms with Gasteiger partial charge in [0.15, 0.2) is 0 Å². The number of hydrogen-bond acceptors (Lipinski definition) is 6. The molecule has 1 saturated heterocycles. The molecule has 0 bridgehead atoms. The largest absolute Gasteiger partial charge is 0.466 e. The van der Waals surface area contributed by atoms with Crippen molar-refractivity contribution in [3.63, 3.8) is 0 Å². The third-order valence-corrected chi connectivity index (χ3v) is 11.2. The van der Waals surface area contributed by atoms with Crippen LogP contribution in [-0.2, 0) is 23.8 Å². The highest BCUT2D eigenvalue weighted by Crippen LogP contribution is 2.21. The number of ether oxygens (including phenoxy) is 3. The summed E-state index contributed by atoms with van der Waals surface area (Å²) in [5.74, 6) is 1.34. The summed E-state index contributed by atoms with van der Waals surface area (Å²) in [7, 11) is 0. The molecule has 1 heterocycles. The molecule has 0 amide bonds. The van der Waals surface area contributed by atoms with Gasteiger partial charge in [-0.25, -0.2) is 0 Å². The van der Waals surface area contributed by atoms with Gasteiger partial charge in [-0.15, -0.1) is 0 Å². The van der Waals surface area contributed by atoms with Crippen molar-refractivity contribution < 1.29 is 23.8 Å². The van der Waals surface area contributed by atoms with Crippen LogP contribution in [0.25, 0.3) is 0 Å². The van der Waals surface area contributed by atoms with Crippen LogP contribution in [0.3, 0.4) is 0 Å². The fraction of sp³-hybridized carbons (Fsp3) is 0.957. The van der Waals surface area contributed by atoms with Gasteiger partial charge in [0.1, 0.15) is 0 Å². The molecule has 52 heavy (non-hydrogen) atoms. The molecule has 0 radical (unpaired) electrons. The first-order valence-electron chi connectivity index (χ1n) is 23.1. The monoisotopic (exact) mass is 736 g/mol. The molecule has 0 saturated carbocycles. The Morgan fingerprint density at radius 1 is 0.558 bits per heavy atom. The summed E-state index contributed by atoms with van der Waals surface area (Å²) in [6.45, 7) is 12.1. The van der Waals surface area contributed by atoms with E-state index in [0.717, 1.165) is 64.1 Å². The van der Waals surface area contributed by atoms with E-state index in [1.165, 1.54) is 148 Å². The standard InChI is InChI=1S/C46H89NO5/c1-5-7-9-12-21-29-42(30-22-13-10-8-6-2)40-52-46(49)34-26-18-16-24-32-43(47-44-35-38-50-39-36-44)31-23-15-17-25-33-45(48)51-37-27-19-11-14-20-28-41(3)4/h41-44,47H,5-40H2,1-4H3. The molecule has 0 aromatic rings. The third-order valence-electron chi connectivity index (χ3n) is 11.2. The number of hydrogen-bond donors (Lipinski definition) is 1. The van der Waals surface area contributed by atoms with Crippen LogP contribution in [0.15, 0.2) is 0 Å². The van der Waals surface area contributed by atoms with Gasteiger partial charge in [-0.2, -0.15) is 0 Å². The van der Waals surface area contributed by atoms with E-state index < -0.39 is 0 Å². The van der Waals surface area contributed by atoms with E-state index in [9.17, 15) is 9.59 Å². The van der Waals surface area contributed by atoms with Crippen molar-refractivity contribution in [2.24, 2.45) is 11.8 Å². The smallest absolute Gasteiger partial charge is 0.305 e. The van der Waals surface area contributed by atoms with Gasteiger partial charge in [-0.1, -0.05) is 163 Å². The number of rotatable bonds is 38.